The Morgan fingerprint density at radius 2 is 2.03 bits per heavy atom. The molecule has 1 aliphatic heterocycles. The molecule has 0 spiro atoms. The predicted molar refractivity (Wildman–Crippen MR) is 128 cm³/mol. The van der Waals surface area contributed by atoms with Gasteiger partial charge >= 0.3 is 0 Å². The van der Waals surface area contributed by atoms with Gasteiger partial charge < -0.3 is 30.2 Å². The zero-order valence-corrected chi connectivity index (χ0v) is 19.7. The highest BCUT2D eigenvalue weighted by Crippen LogP contribution is 2.43. The van der Waals surface area contributed by atoms with Crippen molar-refractivity contribution in [3.8, 4) is 22.8 Å². The van der Waals surface area contributed by atoms with Gasteiger partial charge in [-0.25, -0.2) is 15.0 Å². The normalized spacial score (nSPS) is 14.1. The fourth-order valence-corrected chi connectivity index (χ4v) is 4.73. The zero-order chi connectivity index (χ0) is 23.7. The van der Waals surface area contributed by atoms with Crippen LogP contribution in [0.5, 0.6) is 11.5 Å². The van der Waals surface area contributed by atoms with Gasteiger partial charge in [-0.05, 0) is 18.2 Å². The monoisotopic (exact) mass is 482 g/mol. The molecule has 0 radical (unpaired) electrons. The fraction of sp³-hybridized carbons (Fsp3) is 0.364. The maximum atomic E-state index is 10.7. The Bertz CT molecular complexity index is 1290. The number of aromatic amines is 1. The van der Waals surface area contributed by atoms with E-state index in [4.69, 9.17) is 20.2 Å². The molecule has 1 aromatic carbocycles. The van der Waals surface area contributed by atoms with Crippen molar-refractivity contribution in [2.45, 2.75) is 42.6 Å². The van der Waals surface area contributed by atoms with E-state index < -0.39 is 6.10 Å². The number of nitrogens with zero attached hydrogens (tertiary/aromatic N) is 5. The van der Waals surface area contributed by atoms with Crippen LogP contribution in [0.4, 0.5) is 5.82 Å². The first-order valence-electron chi connectivity index (χ1n) is 11.0. The van der Waals surface area contributed by atoms with Crippen molar-refractivity contribution in [3.05, 3.63) is 30.7 Å². The number of anilines is 1. The number of nitrogens with one attached hydrogen (secondary N) is 2. The third-order valence-electron chi connectivity index (χ3n) is 5.30. The minimum Gasteiger partial charge on any atom is -0.486 e. The molecule has 34 heavy (non-hydrogen) atoms. The van der Waals surface area contributed by atoms with Crippen LogP contribution >= 0.6 is 11.8 Å². The summed E-state index contributed by atoms with van der Waals surface area (Å²) in [6.07, 6.45) is 2.52. The Hall–Kier alpha value is -3.35. The van der Waals surface area contributed by atoms with E-state index in [-0.39, 0.29) is 18.4 Å². The summed E-state index contributed by atoms with van der Waals surface area (Å²) in [4.78, 5) is 14.1. The number of fused-ring (bicyclic) bond motifs is 2. The van der Waals surface area contributed by atoms with Crippen LogP contribution in [-0.4, -0.2) is 66.7 Å². The maximum Gasteiger partial charge on any atom is 0.175 e. The van der Waals surface area contributed by atoms with E-state index in [2.05, 4.69) is 25.5 Å². The molecule has 178 valence electrons. The minimum absolute atomic E-state index is 0.259. The molecule has 0 bridgehead atoms. The summed E-state index contributed by atoms with van der Waals surface area (Å²) in [7, 11) is 0. The number of nitrogens with two attached hydrogens (primary N) is 1. The summed E-state index contributed by atoms with van der Waals surface area (Å²) < 4.78 is 13.5. The molecular formula is C22H26N8O3S. The molecule has 1 atom stereocenters. The molecule has 3 aromatic heterocycles. The maximum absolute atomic E-state index is 10.7. The first-order valence-corrected chi connectivity index (χ1v) is 11.8. The first kappa shape index (κ1) is 22.4. The second kappa shape index (κ2) is 9.49. The van der Waals surface area contributed by atoms with E-state index >= 15 is 0 Å². The van der Waals surface area contributed by atoms with Crippen LogP contribution in [0.1, 0.15) is 13.8 Å². The highest BCUT2D eigenvalue weighted by molar-refractivity contribution is 7.99. The number of aliphatic hydroxyl groups is 1. The van der Waals surface area contributed by atoms with Crippen molar-refractivity contribution >= 4 is 28.7 Å². The van der Waals surface area contributed by atoms with Crippen molar-refractivity contribution in [2.24, 2.45) is 0 Å². The standard InChI is InChI=1S/C22H26N8O3S/c1-12(2)24-9-13(31)10-30-21-19(20(23)25-11-26-21)28-22(30)34-18-8-17-16(32-5-6-33-17)7-14(18)15-3-4-27-29-15/h3-4,7-8,11-13,24,31H,5-6,9-10H2,1-2H3,(H,27,29)(H2,23,25,26). The Labute approximate surface area is 200 Å². The van der Waals surface area contributed by atoms with E-state index in [1.807, 2.05) is 36.6 Å². The van der Waals surface area contributed by atoms with Gasteiger partial charge in [0.2, 0.25) is 0 Å². The van der Waals surface area contributed by atoms with E-state index in [0.29, 0.717) is 47.6 Å². The van der Waals surface area contributed by atoms with Crippen LogP contribution < -0.4 is 20.5 Å². The van der Waals surface area contributed by atoms with E-state index in [1.165, 1.54) is 18.1 Å². The number of rotatable bonds is 8. The lowest BCUT2D eigenvalue weighted by molar-refractivity contribution is 0.147. The van der Waals surface area contributed by atoms with Crippen molar-refractivity contribution in [1.29, 1.82) is 0 Å². The average molecular weight is 483 g/mol. The molecule has 4 aromatic rings. The molecule has 0 saturated heterocycles. The number of aliphatic hydroxyl groups excluding tert-OH is 1. The van der Waals surface area contributed by atoms with Gasteiger partial charge in [0.25, 0.3) is 0 Å². The van der Waals surface area contributed by atoms with Gasteiger partial charge in [0.1, 0.15) is 19.5 Å². The quantitative estimate of drug-likeness (QED) is 0.294. The molecule has 1 unspecified atom stereocenters. The predicted octanol–water partition coefficient (Wildman–Crippen LogP) is 2.08. The number of imidazole rings is 1. The zero-order valence-electron chi connectivity index (χ0n) is 18.9. The van der Waals surface area contributed by atoms with Gasteiger partial charge in [0.15, 0.2) is 33.6 Å². The molecule has 4 heterocycles. The van der Waals surface area contributed by atoms with E-state index in [1.54, 1.807) is 6.20 Å². The summed E-state index contributed by atoms with van der Waals surface area (Å²) in [5.41, 5.74) is 8.79. The molecule has 0 fully saturated rings. The Morgan fingerprint density at radius 1 is 1.24 bits per heavy atom. The molecule has 0 amide bonds. The van der Waals surface area contributed by atoms with Crippen LogP contribution in [0.3, 0.4) is 0 Å². The van der Waals surface area contributed by atoms with E-state index in [9.17, 15) is 5.11 Å². The van der Waals surface area contributed by atoms with E-state index in [0.717, 1.165) is 16.2 Å². The lowest BCUT2D eigenvalue weighted by atomic mass is 10.1. The molecule has 11 nitrogen and oxygen atoms in total. The molecule has 0 saturated carbocycles. The van der Waals surface area contributed by atoms with Crippen molar-refractivity contribution in [3.63, 3.8) is 0 Å². The highest BCUT2D eigenvalue weighted by atomic mass is 32.2. The Balaban J connectivity index is 1.57. The summed E-state index contributed by atoms with van der Waals surface area (Å²) in [5.74, 6) is 1.62. The summed E-state index contributed by atoms with van der Waals surface area (Å²) >= 11 is 1.42. The van der Waals surface area contributed by atoms with Gasteiger partial charge in [-0.2, -0.15) is 5.10 Å². The van der Waals surface area contributed by atoms with Crippen LogP contribution in [-0.2, 0) is 6.54 Å². The number of benzene rings is 1. The van der Waals surface area contributed by atoms with Gasteiger partial charge in [-0.3, -0.25) is 5.10 Å². The SMILES string of the molecule is CC(C)NCC(O)Cn1c(Sc2cc3c(cc2-c2cc[nH]n2)OCCO3)nc2c(N)ncnc21. The third-order valence-corrected chi connectivity index (χ3v) is 6.35. The molecule has 5 N–H and O–H groups in total. The number of ether oxygens (including phenoxy) is 2. The summed E-state index contributed by atoms with van der Waals surface area (Å²) in [6, 6.07) is 6.01. The van der Waals surface area contributed by atoms with Crippen LogP contribution in [0, 0.1) is 0 Å². The van der Waals surface area contributed by atoms with Gasteiger partial charge in [0, 0.05) is 29.2 Å². The van der Waals surface area contributed by atoms with Crippen LogP contribution in [0.25, 0.3) is 22.4 Å². The van der Waals surface area contributed by atoms with Crippen LogP contribution in [0.15, 0.2) is 40.8 Å². The number of hydrogen-bond donors (Lipinski definition) is 4. The van der Waals surface area contributed by atoms with Crippen molar-refractivity contribution in [2.75, 3.05) is 25.5 Å². The highest BCUT2D eigenvalue weighted by Gasteiger charge is 2.23. The number of hydrogen-bond acceptors (Lipinski definition) is 10. The van der Waals surface area contributed by atoms with Gasteiger partial charge in [-0.15, -0.1) is 0 Å². The van der Waals surface area contributed by atoms with Gasteiger partial charge in [-0.1, -0.05) is 25.6 Å². The van der Waals surface area contributed by atoms with Crippen LogP contribution in [0.2, 0.25) is 0 Å². The average Bonchev–Trinajstić information content (AvgIpc) is 3.47. The Morgan fingerprint density at radius 3 is 2.76 bits per heavy atom. The summed E-state index contributed by atoms with van der Waals surface area (Å²) in [6.45, 7) is 5.77. The molecule has 5 rings (SSSR count). The molecular weight excluding hydrogens is 456 g/mol. The molecule has 12 heteroatoms. The van der Waals surface area contributed by atoms with Crippen molar-refractivity contribution in [1.82, 2.24) is 35.0 Å². The lowest BCUT2D eigenvalue weighted by Crippen LogP contribution is -2.34. The largest absolute Gasteiger partial charge is 0.486 e. The smallest absolute Gasteiger partial charge is 0.175 e. The molecule has 0 aliphatic carbocycles. The number of nitrogen functional groups attached to an aromatic ring is 1. The molecule has 1 aliphatic rings. The third kappa shape index (κ3) is 4.52. The second-order valence-electron chi connectivity index (χ2n) is 8.21. The second-order valence-corrected chi connectivity index (χ2v) is 9.22. The minimum atomic E-state index is -0.651. The summed E-state index contributed by atoms with van der Waals surface area (Å²) in [5, 5.41) is 21.8. The topological polar surface area (TPSA) is 149 Å². The number of aromatic nitrogens is 6. The first-order chi connectivity index (χ1) is 16.5. The van der Waals surface area contributed by atoms with Crippen molar-refractivity contribution < 1.29 is 14.6 Å². The Kier molecular flexibility index (Phi) is 6.26. The number of H-pyrrole nitrogens is 1. The van der Waals surface area contributed by atoms with Gasteiger partial charge in [0.05, 0.1) is 18.3 Å². The lowest BCUT2D eigenvalue weighted by Gasteiger charge is -2.21. The fourth-order valence-electron chi connectivity index (χ4n) is 3.69.